The van der Waals surface area contributed by atoms with Crippen LogP contribution in [-0.2, 0) is 6.54 Å². The highest BCUT2D eigenvalue weighted by Gasteiger charge is 2.26. The molecule has 4 rings (SSSR count). The standard InChI is InChI=1S/C20H22N4O/c1-15-4-6-16(7-5-15)13-24-12-2-3-18(14-24)20-23-22-19(25-20)17-8-10-21-11-9-17/h4-11,18H,2-3,12-14H2,1H3. The smallest absolute Gasteiger partial charge is 0.247 e. The zero-order valence-electron chi connectivity index (χ0n) is 14.4. The summed E-state index contributed by atoms with van der Waals surface area (Å²) in [5.74, 6) is 1.63. The first-order valence-electron chi connectivity index (χ1n) is 8.79. The molecule has 5 heteroatoms. The molecule has 25 heavy (non-hydrogen) atoms. The van der Waals surface area contributed by atoms with Gasteiger partial charge in [-0.3, -0.25) is 9.88 Å². The van der Waals surface area contributed by atoms with E-state index in [-0.39, 0.29) is 0 Å². The SMILES string of the molecule is Cc1ccc(CN2CCCC(c3nnc(-c4ccncc4)o3)C2)cc1. The topological polar surface area (TPSA) is 55.1 Å². The van der Waals surface area contributed by atoms with E-state index in [2.05, 4.69) is 51.3 Å². The molecule has 2 aromatic heterocycles. The number of hydrogen-bond acceptors (Lipinski definition) is 5. The molecule has 0 saturated carbocycles. The molecule has 1 aromatic carbocycles. The number of likely N-dealkylation sites (tertiary alicyclic amines) is 1. The highest BCUT2D eigenvalue weighted by atomic mass is 16.4. The molecule has 0 radical (unpaired) electrons. The van der Waals surface area contributed by atoms with Crippen LogP contribution in [-0.4, -0.2) is 33.2 Å². The molecule has 1 unspecified atom stereocenters. The van der Waals surface area contributed by atoms with E-state index in [4.69, 9.17) is 4.42 Å². The van der Waals surface area contributed by atoms with E-state index in [9.17, 15) is 0 Å². The Morgan fingerprint density at radius 1 is 1.08 bits per heavy atom. The maximum Gasteiger partial charge on any atom is 0.247 e. The van der Waals surface area contributed by atoms with E-state index in [1.807, 2.05) is 12.1 Å². The van der Waals surface area contributed by atoms with Crippen LogP contribution < -0.4 is 0 Å². The predicted molar refractivity (Wildman–Crippen MR) is 96.0 cm³/mol. The Bertz CT molecular complexity index is 813. The summed E-state index contributed by atoms with van der Waals surface area (Å²) in [6.07, 6.45) is 5.73. The van der Waals surface area contributed by atoms with Crippen LogP contribution in [0, 0.1) is 6.92 Å². The van der Waals surface area contributed by atoms with Crippen molar-refractivity contribution in [1.29, 1.82) is 0 Å². The predicted octanol–water partition coefficient (Wildman–Crippen LogP) is 3.82. The fourth-order valence-corrected chi connectivity index (χ4v) is 3.36. The van der Waals surface area contributed by atoms with E-state index >= 15 is 0 Å². The minimum absolute atomic E-state index is 0.308. The Labute approximate surface area is 147 Å². The summed E-state index contributed by atoms with van der Waals surface area (Å²) >= 11 is 0. The zero-order chi connectivity index (χ0) is 17.1. The number of nitrogens with zero attached hydrogens (tertiary/aromatic N) is 4. The van der Waals surface area contributed by atoms with Crippen LogP contribution in [0.15, 0.2) is 53.2 Å². The van der Waals surface area contributed by atoms with Crippen molar-refractivity contribution in [1.82, 2.24) is 20.1 Å². The van der Waals surface area contributed by atoms with Gasteiger partial charge in [0.25, 0.3) is 0 Å². The number of aromatic nitrogens is 3. The van der Waals surface area contributed by atoms with Gasteiger partial charge < -0.3 is 4.42 Å². The molecular weight excluding hydrogens is 312 g/mol. The quantitative estimate of drug-likeness (QED) is 0.726. The molecule has 128 valence electrons. The first-order chi connectivity index (χ1) is 12.3. The average molecular weight is 334 g/mol. The third-order valence-corrected chi connectivity index (χ3v) is 4.75. The van der Waals surface area contributed by atoms with Crippen LogP contribution in [0.1, 0.15) is 35.8 Å². The van der Waals surface area contributed by atoms with Crippen molar-refractivity contribution < 1.29 is 4.42 Å². The third-order valence-electron chi connectivity index (χ3n) is 4.75. The average Bonchev–Trinajstić information content (AvgIpc) is 3.15. The maximum absolute atomic E-state index is 5.95. The molecule has 0 spiro atoms. The molecule has 0 amide bonds. The van der Waals surface area contributed by atoms with Crippen LogP contribution >= 0.6 is 0 Å². The molecule has 3 aromatic rings. The molecule has 3 heterocycles. The second kappa shape index (κ2) is 7.15. The summed E-state index contributed by atoms with van der Waals surface area (Å²) < 4.78 is 5.95. The molecule has 1 aliphatic heterocycles. The van der Waals surface area contributed by atoms with Gasteiger partial charge in [0.15, 0.2) is 0 Å². The summed E-state index contributed by atoms with van der Waals surface area (Å²) in [7, 11) is 0. The van der Waals surface area contributed by atoms with Crippen LogP contribution in [0.3, 0.4) is 0 Å². The van der Waals surface area contributed by atoms with E-state index in [0.29, 0.717) is 11.8 Å². The molecule has 5 nitrogen and oxygen atoms in total. The Balaban J connectivity index is 1.44. The summed E-state index contributed by atoms with van der Waals surface area (Å²) in [5.41, 5.74) is 3.57. The second-order valence-electron chi connectivity index (χ2n) is 6.74. The van der Waals surface area contributed by atoms with Crippen LogP contribution in [0.4, 0.5) is 0 Å². The molecule has 1 atom stereocenters. The second-order valence-corrected chi connectivity index (χ2v) is 6.74. The van der Waals surface area contributed by atoms with E-state index in [1.165, 1.54) is 11.1 Å². The molecule has 1 saturated heterocycles. The molecule has 0 bridgehead atoms. The fraction of sp³-hybridized carbons (Fsp3) is 0.350. The van der Waals surface area contributed by atoms with Gasteiger partial charge in [-0.1, -0.05) is 29.8 Å². The van der Waals surface area contributed by atoms with Crippen molar-refractivity contribution in [2.24, 2.45) is 0 Å². The Hall–Kier alpha value is -2.53. The fourth-order valence-electron chi connectivity index (χ4n) is 3.36. The van der Waals surface area contributed by atoms with Crippen LogP contribution in [0.5, 0.6) is 0 Å². The number of benzene rings is 1. The monoisotopic (exact) mass is 334 g/mol. The molecule has 1 aliphatic rings. The van der Waals surface area contributed by atoms with Gasteiger partial charge in [0.05, 0.1) is 5.92 Å². The molecule has 0 aliphatic carbocycles. The lowest BCUT2D eigenvalue weighted by atomic mass is 9.97. The largest absolute Gasteiger partial charge is 0.420 e. The van der Waals surface area contributed by atoms with Gasteiger partial charge in [0, 0.05) is 31.0 Å². The maximum atomic E-state index is 5.95. The number of hydrogen-bond donors (Lipinski definition) is 0. The number of aryl methyl sites for hydroxylation is 1. The van der Waals surface area contributed by atoms with Crippen molar-refractivity contribution >= 4 is 0 Å². The third kappa shape index (κ3) is 3.77. The van der Waals surface area contributed by atoms with E-state index < -0.39 is 0 Å². The number of rotatable bonds is 4. The summed E-state index contributed by atoms with van der Waals surface area (Å²) in [6.45, 7) is 5.18. The van der Waals surface area contributed by atoms with Crippen molar-refractivity contribution in [2.45, 2.75) is 32.2 Å². The van der Waals surface area contributed by atoms with E-state index in [1.54, 1.807) is 12.4 Å². The van der Waals surface area contributed by atoms with Crippen LogP contribution in [0.2, 0.25) is 0 Å². The van der Waals surface area contributed by atoms with Crippen molar-refractivity contribution in [2.75, 3.05) is 13.1 Å². The highest BCUT2D eigenvalue weighted by molar-refractivity contribution is 5.50. The molecular formula is C20H22N4O. The Kier molecular flexibility index (Phi) is 4.57. The normalized spacial score (nSPS) is 18.4. The van der Waals surface area contributed by atoms with Gasteiger partial charge in [-0.05, 0) is 44.0 Å². The first kappa shape index (κ1) is 16.0. The first-order valence-corrected chi connectivity index (χ1v) is 8.79. The lowest BCUT2D eigenvalue weighted by molar-refractivity contribution is 0.186. The molecule has 0 N–H and O–H groups in total. The summed E-state index contributed by atoms with van der Waals surface area (Å²) in [4.78, 5) is 6.51. The number of pyridine rings is 1. The zero-order valence-corrected chi connectivity index (χ0v) is 14.4. The van der Waals surface area contributed by atoms with Gasteiger partial charge in [0.1, 0.15) is 0 Å². The van der Waals surface area contributed by atoms with Crippen LogP contribution in [0.25, 0.3) is 11.5 Å². The number of piperidine rings is 1. The van der Waals surface area contributed by atoms with Crippen molar-refractivity contribution in [3.8, 4) is 11.5 Å². The van der Waals surface area contributed by atoms with Gasteiger partial charge in [-0.15, -0.1) is 10.2 Å². The highest BCUT2D eigenvalue weighted by Crippen LogP contribution is 2.29. The van der Waals surface area contributed by atoms with Gasteiger partial charge in [-0.25, -0.2) is 0 Å². The summed E-state index contributed by atoms with van der Waals surface area (Å²) in [6, 6.07) is 12.6. The van der Waals surface area contributed by atoms with Gasteiger partial charge >= 0.3 is 0 Å². The lowest BCUT2D eigenvalue weighted by Crippen LogP contribution is -2.34. The van der Waals surface area contributed by atoms with E-state index in [0.717, 1.165) is 43.9 Å². The minimum Gasteiger partial charge on any atom is -0.420 e. The minimum atomic E-state index is 0.308. The summed E-state index contributed by atoms with van der Waals surface area (Å²) in [5, 5.41) is 8.52. The Morgan fingerprint density at radius 2 is 1.88 bits per heavy atom. The Morgan fingerprint density at radius 3 is 2.68 bits per heavy atom. The van der Waals surface area contributed by atoms with Gasteiger partial charge in [-0.2, -0.15) is 0 Å². The van der Waals surface area contributed by atoms with Gasteiger partial charge in [0.2, 0.25) is 11.8 Å². The van der Waals surface area contributed by atoms with Crippen molar-refractivity contribution in [3.05, 3.63) is 65.8 Å². The molecule has 1 fully saturated rings. The van der Waals surface area contributed by atoms with Crippen molar-refractivity contribution in [3.63, 3.8) is 0 Å². The lowest BCUT2D eigenvalue weighted by Gasteiger charge is -2.31.